The highest BCUT2D eigenvalue weighted by molar-refractivity contribution is 8.00. The smallest absolute Gasteiger partial charge is 0.0791 e. The van der Waals surface area contributed by atoms with Crippen LogP contribution in [0.3, 0.4) is 0 Å². The van der Waals surface area contributed by atoms with Gasteiger partial charge in [-0.1, -0.05) is 13.8 Å². The van der Waals surface area contributed by atoms with Crippen molar-refractivity contribution in [1.82, 2.24) is 10.2 Å². The van der Waals surface area contributed by atoms with Crippen molar-refractivity contribution >= 4 is 11.8 Å². The second kappa shape index (κ2) is 8.34. The van der Waals surface area contributed by atoms with Gasteiger partial charge in [-0.3, -0.25) is 4.90 Å². The third-order valence-electron chi connectivity index (χ3n) is 2.95. The summed E-state index contributed by atoms with van der Waals surface area (Å²) in [5.41, 5.74) is 0. The summed E-state index contributed by atoms with van der Waals surface area (Å²) >= 11 is 2.08. The van der Waals surface area contributed by atoms with Crippen LogP contribution in [-0.4, -0.2) is 59.8 Å². The number of β-amino-alcohol motifs (C(OH)–C–C–N with tert-alkyl or cyclic N) is 1. The fourth-order valence-electron chi connectivity index (χ4n) is 2.00. The van der Waals surface area contributed by atoms with Gasteiger partial charge in [0.2, 0.25) is 0 Å². The molecule has 1 saturated heterocycles. The van der Waals surface area contributed by atoms with Gasteiger partial charge < -0.3 is 10.4 Å². The quantitative estimate of drug-likeness (QED) is 0.661. The van der Waals surface area contributed by atoms with Crippen LogP contribution >= 0.6 is 11.8 Å². The van der Waals surface area contributed by atoms with Gasteiger partial charge in [0.1, 0.15) is 0 Å². The lowest BCUT2D eigenvalue weighted by Crippen LogP contribution is -2.44. The molecule has 1 fully saturated rings. The second-order valence-corrected chi connectivity index (χ2v) is 5.93. The molecule has 2 unspecified atom stereocenters. The van der Waals surface area contributed by atoms with Gasteiger partial charge in [-0.25, -0.2) is 0 Å². The number of nitrogens with zero attached hydrogens (tertiary/aromatic N) is 1. The third-order valence-corrected chi connectivity index (χ3v) is 4.33. The topological polar surface area (TPSA) is 35.5 Å². The van der Waals surface area contributed by atoms with Crippen molar-refractivity contribution in [2.24, 2.45) is 0 Å². The fraction of sp³-hybridized carbons (Fsp3) is 1.00. The van der Waals surface area contributed by atoms with E-state index in [2.05, 4.69) is 35.8 Å². The number of rotatable bonds is 7. The Morgan fingerprint density at radius 3 is 3.00 bits per heavy atom. The van der Waals surface area contributed by atoms with Gasteiger partial charge in [0.25, 0.3) is 0 Å². The zero-order valence-corrected chi connectivity index (χ0v) is 11.4. The first-order valence-electron chi connectivity index (χ1n) is 6.49. The first-order chi connectivity index (χ1) is 7.76. The molecule has 96 valence electrons. The molecule has 0 bridgehead atoms. The molecule has 2 atom stereocenters. The van der Waals surface area contributed by atoms with E-state index >= 15 is 0 Å². The van der Waals surface area contributed by atoms with Gasteiger partial charge in [-0.2, -0.15) is 11.8 Å². The van der Waals surface area contributed by atoms with Crippen LogP contribution in [-0.2, 0) is 0 Å². The Kier molecular flexibility index (Phi) is 7.45. The number of hydrogen-bond donors (Lipinski definition) is 2. The Morgan fingerprint density at radius 1 is 1.50 bits per heavy atom. The van der Waals surface area contributed by atoms with E-state index in [1.165, 1.54) is 12.2 Å². The molecule has 1 aliphatic heterocycles. The van der Waals surface area contributed by atoms with E-state index < -0.39 is 0 Å². The first kappa shape index (κ1) is 14.3. The van der Waals surface area contributed by atoms with Crippen LogP contribution in [0.2, 0.25) is 0 Å². The van der Waals surface area contributed by atoms with E-state index in [4.69, 9.17) is 0 Å². The minimum atomic E-state index is -0.216. The van der Waals surface area contributed by atoms with Crippen molar-refractivity contribution in [3.8, 4) is 0 Å². The lowest BCUT2D eigenvalue weighted by atomic mass is 10.2. The summed E-state index contributed by atoms with van der Waals surface area (Å²) in [6.07, 6.45) is 2.16. The molecule has 0 aromatic rings. The summed E-state index contributed by atoms with van der Waals surface area (Å²) in [6.45, 7) is 9.23. The highest BCUT2D eigenvalue weighted by Gasteiger charge is 2.20. The summed E-state index contributed by atoms with van der Waals surface area (Å²) in [5.74, 6) is 1.22. The highest BCUT2D eigenvalue weighted by atomic mass is 32.2. The maximum atomic E-state index is 9.88. The standard InChI is InChI=1S/C12H26N2OS/c1-3-5-13-8-11(15)9-14-6-7-16-12(4-2)10-14/h11-13,15H,3-10H2,1-2H3. The molecule has 0 aromatic carbocycles. The maximum absolute atomic E-state index is 9.88. The molecule has 0 amide bonds. The van der Waals surface area contributed by atoms with E-state index in [-0.39, 0.29) is 6.10 Å². The molecule has 0 radical (unpaired) electrons. The van der Waals surface area contributed by atoms with Crippen LogP contribution in [0.1, 0.15) is 26.7 Å². The zero-order chi connectivity index (χ0) is 11.8. The Labute approximate surface area is 104 Å². The van der Waals surface area contributed by atoms with Gasteiger partial charge in [-0.15, -0.1) is 0 Å². The number of thioether (sulfide) groups is 1. The lowest BCUT2D eigenvalue weighted by Gasteiger charge is -2.33. The van der Waals surface area contributed by atoms with E-state index in [1.807, 2.05) is 0 Å². The van der Waals surface area contributed by atoms with Gasteiger partial charge in [0.15, 0.2) is 0 Å². The largest absolute Gasteiger partial charge is 0.390 e. The van der Waals surface area contributed by atoms with Crippen molar-refractivity contribution in [2.75, 3.05) is 38.5 Å². The molecule has 1 aliphatic rings. The average molecular weight is 246 g/mol. The summed E-state index contributed by atoms with van der Waals surface area (Å²) in [5, 5.41) is 13.9. The van der Waals surface area contributed by atoms with Crippen molar-refractivity contribution in [3.05, 3.63) is 0 Å². The molecule has 1 heterocycles. The normalized spacial score (nSPS) is 24.6. The fourth-order valence-corrected chi connectivity index (χ4v) is 3.25. The SMILES string of the molecule is CCCNCC(O)CN1CCSC(CC)C1. The molecule has 2 N–H and O–H groups in total. The summed E-state index contributed by atoms with van der Waals surface area (Å²) in [6, 6.07) is 0. The summed E-state index contributed by atoms with van der Waals surface area (Å²) < 4.78 is 0. The van der Waals surface area contributed by atoms with Crippen molar-refractivity contribution < 1.29 is 5.11 Å². The van der Waals surface area contributed by atoms with Crippen molar-refractivity contribution in [1.29, 1.82) is 0 Å². The van der Waals surface area contributed by atoms with Crippen LogP contribution in [0.15, 0.2) is 0 Å². The van der Waals surface area contributed by atoms with Gasteiger partial charge in [-0.05, 0) is 19.4 Å². The van der Waals surface area contributed by atoms with Gasteiger partial charge >= 0.3 is 0 Å². The summed E-state index contributed by atoms with van der Waals surface area (Å²) in [4.78, 5) is 2.41. The number of nitrogens with one attached hydrogen (secondary N) is 1. The molecule has 0 aromatic heterocycles. The Hall–Kier alpha value is 0.230. The molecule has 1 rings (SSSR count). The number of aliphatic hydroxyl groups excluding tert-OH is 1. The maximum Gasteiger partial charge on any atom is 0.0791 e. The third kappa shape index (κ3) is 5.53. The monoisotopic (exact) mass is 246 g/mol. The lowest BCUT2D eigenvalue weighted by molar-refractivity contribution is 0.113. The summed E-state index contributed by atoms with van der Waals surface area (Å²) in [7, 11) is 0. The van der Waals surface area contributed by atoms with E-state index in [1.54, 1.807) is 0 Å². The van der Waals surface area contributed by atoms with Crippen LogP contribution in [0.4, 0.5) is 0 Å². The molecule has 0 aliphatic carbocycles. The number of aliphatic hydroxyl groups is 1. The predicted molar refractivity (Wildman–Crippen MR) is 72.1 cm³/mol. The zero-order valence-electron chi connectivity index (χ0n) is 10.6. The molecular weight excluding hydrogens is 220 g/mol. The molecule has 16 heavy (non-hydrogen) atoms. The number of hydrogen-bond acceptors (Lipinski definition) is 4. The average Bonchev–Trinajstić information content (AvgIpc) is 2.29. The van der Waals surface area contributed by atoms with Crippen molar-refractivity contribution in [3.63, 3.8) is 0 Å². The Bertz CT molecular complexity index is 180. The molecule has 0 spiro atoms. The first-order valence-corrected chi connectivity index (χ1v) is 7.53. The van der Waals surface area contributed by atoms with E-state index in [9.17, 15) is 5.11 Å². The highest BCUT2D eigenvalue weighted by Crippen LogP contribution is 2.20. The predicted octanol–water partition coefficient (Wildman–Crippen LogP) is 1.17. The Balaban J connectivity index is 2.14. The van der Waals surface area contributed by atoms with E-state index in [0.717, 1.165) is 44.4 Å². The van der Waals surface area contributed by atoms with Gasteiger partial charge in [0, 0.05) is 37.2 Å². The van der Waals surface area contributed by atoms with Crippen LogP contribution in [0.25, 0.3) is 0 Å². The molecular formula is C12H26N2OS. The van der Waals surface area contributed by atoms with Gasteiger partial charge in [0.05, 0.1) is 6.10 Å². The van der Waals surface area contributed by atoms with Crippen LogP contribution < -0.4 is 5.32 Å². The molecule has 3 nitrogen and oxygen atoms in total. The Morgan fingerprint density at radius 2 is 2.31 bits per heavy atom. The minimum absolute atomic E-state index is 0.216. The second-order valence-electron chi connectivity index (χ2n) is 4.52. The molecule has 0 saturated carbocycles. The van der Waals surface area contributed by atoms with Crippen LogP contribution in [0, 0.1) is 0 Å². The van der Waals surface area contributed by atoms with E-state index in [0.29, 0.717) is 0 Å². The minimum Gasteiger partial charge on any atom is -0.390 e. The van der Waals surface area contributed by atoms with Crippen molar-refractivity contribution in [2.45, 2.75) is 38.0 Å². The van der Waals surface area contributed by atoms with Crippen LogP contribution in [0.5, 0.6) is 0 Å². The molecule has 4 heteroatoms.